The number of alkyl halides is 2. The van der Waals surface area contributed by atoms with Gasteiger partial charge in [-0.15, -0.1) is 11.6 Å². The first-order valence-corrected chi connectivity index (χ1v) is 13.0. The Morgan fingerprint density at radius 3 is 2.54 bits per heavy atom. The van der Waals surface area contributed by atoms with E-state index in [2.05, 4.69) is 5.09 Å². The number of benzene rings is 1. The zero-order valence-electron chi connectivity index (χ0n) is 20.4. The number of halogens is 2. The number of aromatic amines is 1. The average Bonchev–Trinajstić information content (AvgIpc) is 2.98. The number of aromatic nitrogens is 2. The maximum Gasteiger partial charge on any atom is 0.330 e. The van der Waals surface area contributed by atoms with E-state index in [4.69, 9.17) is 30.1 Å². The molecule has 6 atom stereocenters. The molecule has 1 unspecified atom stereocenters. The third-order valence-electron chi connectivity index (χ3n) is 5.23. The molecule has 3 rings (SSSR count). The Morgan fingerprint density at radius 1 is 1.30 bits per heavy atom. The first kappa shape index (κ1) is 29.0. The maximum atomic E-state index is 15.9. The van der Waals surface area contributed by atoms with E-state index >= 15 is 4.39 Å². The molecule has 1 aromatic carbocycles. The van der Waals surface area contributed by atoms with Gasteiger partial charge < -0.3 is 28.7 Å². The summed E-state index contributed by atoms with van der Waals surface area (Å²) in [5.74, 6) is -3.89. The van der Waals surface area contributed by atoms with E-state index in [-0.39, 0.29) is 5.75 Å². The maximum absolute atomic E-state index is 15.9. The van der Waals surface area contributed by atoms with Crippen molar-refractivity contribution in [2.24, 2.45) is 0 Å². The molecular weight excluding hydrogens is 536 g/mol. The van der Waals surface area contributed by atoms with Crippen molar-refractivity contribution in [3.05, 3.63) is 68.5 Å². The van der Waals surface area contributed by atoms with Crippen LogP contribution in [0.4, 0.5) is 4.39 Å². The molecule has 0 radical (unpaired) electrons. The lowest BCUT2D eigenvalue weighted by Gasteiger charge is -2.36. The van der Waals surface area contributed by atoms with Gasteiger partial charge in [-0.2, -0.15) is 0 Å². The molecule has 2 N–H and O–H groups in total. The van der Waals surface area contributed by atoms with Crippen molar-refractivity contribution >= 4 is 25.3 Å². The number of aliphatic hydroxyl groups excluding tert-OH is 1. The number of carbonyl (C=O) groups is 1. The van der Waals surface area contributed by atoms with Crippen LogP contribution in [-0.4, -0.2) is 56.2 Å². The summed E-state index contributed by atoms with van der Waals surface area (Å²) in [4.78, 5) is 35.9. The molecule has 2 aromatic rings. The minimum absolute atomic E-state index is 0.0413. The Kier molecular flexibility index (Phi) is 8.68. The molecule has 15 heteroatoms. The number of esters is 1. The van der Waals surface area contributed by atoms with Gasteiger partial charge in [-0.25, -0.2) is 9.18 Å². The molecule has 0 bridgehead atoms. The number of aliphatic hydroxyl groups is 1. The summed E-state index contributed by atoms with van der Waals surface area (Å²) in [5, 5.41) is 14.5. The fourth-order valence-corrected chi connectivity index (χ4v) is 5.16. The lowest BCUT2D eigenvalue weighted by Crippen LogP contribution is -2.46. The van der Waals surface area contributed by atoms with Crippen molar-refractivity contribution in [1.29, 1.82) is 0 Å². The highest BCUT2D eigenvalue weighted by molar-refractivity contribution is 7.57. The summed E-state index contributed by atoms with van der Waals surface area (Å²) < 4.78 is 51.2. The number of hydrogen-bond acceptors (Lipinski definition) is 9. The Labute approximate surface area is 216 Å². The Balaban J connectivity index is 1.86. The largest absolute Gasteiger partial charge is 0.533 e. The van der Waals surface area contributed by atoms with Gasteiger partial charge in [0.15, 0.2) is 6.23 Å². The third kappa shape index (κ3) is 6.67. The summed E-state index contributed by atoms with van der Waals surface area (Å²) in [7, 11) is -4.63. The predicted octanol–water partition coefficient (Wildman–Crippen LogP) is 3.01. The molecule has 204 valence electrons. The summed E-state index contributed by atoms with van der Waals surface area (Å²) >= 11 is 6.36. The van der Waals surface area contributed by atoms with Crippen LogP contribution in [0.1, 0.15) is 33.9 Å². The van der Waals surface area contributed by atoms with Crippen LogP contribution in [0.3, 0.4) is 0 Å². The van der Waals surface area contributed by atoms with Gasteiger partial charge in [0.05, 0.1) is 6.10 Å². The van der Waals surface area contributed by atoms with Crippen molar-refractivity contribution in [3.63, 3.8) is 0 Å². The fourth-order valence-electron chi connectivity index (χ4n) is 3.43. The van der Waals surface area contributed by atoms with Crippen LogP contribution < -0.4 is 15.8 Å². The van der Waals surface area contributed by atoms with Gasteiger partial charge in [0.1, 0.15) is 23.3 Å². The molecule has 2 heterocycles. The van der Waals surface area contributed by atoms with Gasteiger partial charge in [0.25, 0.3) is 25.1 Å². The molecule has 0 aliphatic carbocycles. The number of H-pyrrole nitrogens is 1. The van der Waals surface area contributed by atoms with Crippen LogP contribution in [-0.2, 0) is 23.4 Å². The minimum atomic E-state index is -4.63. The third-order valence-corrected chi connectivity index (χ3v) is 7.15. The molecule has 1 fully saturated rings. The summed E-state index contributed by atoms with van der Waals surface area (Å²) in [6.45, 7) is 4.50. The van der Waals surface area contributed by atoms with Gasteiger partial charge in [-0.05, 0) is 38.9 Å². The number of carbonyl (C=O) groups excluding carboxylic acids is 1. The number of hydrogen-bond donors (Lipinski definition) is 2. The highest BCUT2D eigenvalue weighted by atomic mass is 35.5. The fraction of sp³-hybridized carbons (Fsp3) is 0.500. The normalized spacial score (nSPS) is 28.0. The molecule has 37 heavy (non-hydrogen) atoms. The topological polar surface area (TPSA) is 160 Å². The number of rotatable bonds is 10. The zero-order chi connectivity index (χ0) is 27.6. The van der Waals surface area contributed by atoms with Gasteiger partial charge in [-0.3, -0.25) is 23.7 Å². The van der Waals surface area contributed by atoms with Crippen LogP contribution in [0.25, 0.3) is 5.09 Å². The molecule has 0 spiro atoms. The van der Waals surface area contributed by atoms with Crippen molar-refractivity contribution in [1.82, 2.24) is 9.55 Å². The smallest absolute Gasteiger partial charge is 0.330 e. The van der Waals surface area contributed by atoms with E-state index in [1.54, 1.807) is 32.0 Å². The SMILES string of the molecule is CC(C)OC(=O)[C@H](C)[N-]P(=O)(OC[C@@]1(F)O[C@@H](n2ccc(=O)[nH]c2=O)[C@](C)(Cl)[C@@H]1O)Oc1ccccc1. The van der Waals surface area contributed by atoms with E-state index in [0.29, 0.717) is 0 Å². The van der Waals surface area contributed by atoms with Crippen LogP contribution in [0.2, 0.25) is 0 Å². The molecular formula is C22H27ClFN3O9P-. The van der Waals surface area contributed by atoms with Crippen LogP contribution in [0, 0.1) is 0 Å². The zero-order valence-corrected chi connectivity index (χ0v) is 22.0. The highest BCUT2D eigenvalue weighted by Gasteiger charge is 2.63. The number of nitrogens with one attached hydrogen (secondary N) is 1. The monoisotopic (exact) mass is 562 g/mol. The predicted molar refractivity (Wildman–Crippen MR) is 130 cm³/mol. The van der Waals surface area contributed by atoms with Crippen LogP contribution >= 0.6 is 19.3 Å². The van der Waals surface area contributed by atoms with E-state index in [1.165, 1.54) is 26.0 Å². The standard InChI is InChI=1S/C22H28ClFN3O9P/c1-13(2)34-17(29)14(3)26-37(32,36-15-8-6-5-7-9-15)33-12-22(24)18(30)21(4,23)19(35-22)27-11-10-16(28)25-20(27)31/h5-11,13-14,18-19,30H,12H2,1-4H3,(H2,25,26,28,31,32)/p-1/t14-,18-,19+,21+,22+,37?/m0/s1. The Morgan fingerprint density at radius 2 is 1.95 bits per heavy atom. The number of ether oxygens (including phenoxy) is 2. The van der Waals surface area contributed by atoms with Crippen LogP contribution in [0.5, 0.6) is 5.75 Å². The van der Waals surface area contributed by atoms with E-state index in [1.807, 2.05) is 4.98 Å². The molecule has 1 saturated heterocycles. The van der Waals surface area contributed by atoms with Crippen LogP contribution in [0.15, 0.2) is 52.2 Å². The van der Waals surface area contributed by atoms with Gasteiger partial charge in [0.2, 0.25) is 0 Å². The molecule has 0 amide bonds. The van der Waals surface area contributed by atoms with Crippen molar-refractivity contribution in [2.75, 3.05) is 6.61 Å². The van der Waals surface area contributed by atoms with Gasteiger partial charge in [-0.1, -0.05) is 25.1 Å². The molecule has 1 aromatic heterocycles. The summed E-state index contributed by atoms with van der Waals surface area (Å²) in [5.41, 5.74) is -1.68. The van der Waals surface area contributed by atoms with Crippen molar-refractivity contribution in [3.8, 4) is 5.75 Å². The van der Waals surface area contributed by atoms with Crippen molar-refractivity contribution < 1.29 is 37.4 Å². The van der Waals surface area contributed by atoms with Gasteiger partial charge in [0, 0.05) is 12.3 Å². The lowest BCUT2D eigenvalue weighted by atomic mass is 10.00. The first-order chi connectivity index (χ1) is 17.2. The number of para-hydroxylation sites is 1. The molecule has 1 aliphatic rings. The first-order valence-electron chi connectivity index (χ1n) is 11.1. The minimum Gasteiger partial charge on any atom is -0.533 e. The molecule has 12 nitrogen and oxygen atoms in total. The molecule has 0 saturated carbocycles. The van der Waals surface area contributed by atoms with E-state index < -0.39 is 66.8 Å². The lowest BCUT2D eigenvalue weighted by molar-refractivity contribution is -0.203. The van der Waals surface area contributed by atoms with Crippen molar-refractivity contribution in [2.45, 2.75) is 62.9 Å². The second kappa shape index (κ2) is 11.1. The van der Waals surface area contributed by atoms with E-state index in [0.717, 1.165) is 16.8 Å². The highest BCUT2D eigenvalue weighted by Crippen LogP contribution is 2.57. The second-order valence-corrected chi connectivity index (χ2v) is 11.2. The Bertz CT molecular complexity index is 1270. The summed E-state index contributed by atoms with van der Waals surface area (Å²) in [6.07, 6.45) is -3.18. The Hall–Kier alpha value is -2.54. The molecule has 1 aliphatic heterocycles. The summed E-state index contributed by atoms with van der Waals surface area (Å²) in [6, 6.07) is 7.33. The second-order valence-electron chi connectivity index (χ2n) is 8.75. The quantitative estimate of drug-likeness (QED) is 0.252. The van der Waals surface area contributed by atoms with E-state index in [9.17, 15) is 24.1 Å². The number of nitrogens with zero attached hydrogens (tertiary/aromatic N) is 2. The van der Waals surface area contributed by atoms with Gasteiger partial charge >= 0.3 is 5.69 Å². The average molecular weight is 563 g/mol.